The molecule has 2 bridgehead atoms. The van der Waals surface area contributed by atoms with Crippen molar-refractivity contribution in [3.63, 3.8) is 0 Å². The van der Waals surface area contributed by atoms with Crippen LogP contribution in [-0.2, 0) is 4.79 Å². The average molecular weight is 531 g/mol. The maximum absolute atomic E-state index is 13.4. The largest absolute Gasteiger partial charge is 0.324 e. The lowest BCUT2D eigenvalue weighted by Crippen LogP contribution is -2.71. The fraction of sp³-hybridized carbons (Fsp3) is 0.474. The lowest BCUT2D eigenvalue weighted by molar-refractivity contribution is -0.155. The van der Waals surface area contributed by atoms with Gasteiger partial charge in [0.15, 0.2) is 0 Å². The van der Waals surface area contributed by atoms with Crippen molar-refractivity contribution in [1.29, 1.82) is 0 Å². The van der Waals surface area contributed by atoms with Gasteiger partial charge in [0.05, 0.1) is 20.4 Å². The van der Waals surface area contributed by atoms with Gasteiger partial charge in [0.25, 0.3) is 0 Å². The first-order valence-electron chi connectivity index (χ1n) is 8.36. The van der Waals surface area contributed by atoms with Gasteiger partial charge in [-0.1, -0.05) is 79.8 Å². The Morgan fingerprint density at radius 3 is 2.60 bits per heavy atom. The standard InChI is InChI=1S/C19H19Br3N2O/c1-17(2)18(15(21)22)8-9-19(17,14(18)20)16(25)24-12-7-3-5-11-6-4-10-23-13(11)12/h3-7,10,14-15H,8-9H2,1-2H3,(H,24,25). The van der Waals surface area contributed by atoms with Gasteiger partial charge < -0.3 is 5.32 Å². The highest BCUT2D eigenvalue weighted by Gasteiger charge is 2.83. The molecule has 1 amide bonds. The van der Waals surface area contributed by atoms with Crippen LogP contribution in [0.4, 0.5) is 5.69 Å². The Balaban J connectivity index is 1.71. The number of rotatable bonds is 3. The van der Waals surface area contributed by atoms with Crippen LogP contribution in [0.3, 0.4) is 0 Å². The van der Waals surface area contributed by atoms with Crippen molar-refractivity contribution in [3.05, 3.63) is 36.5 Å². The van der Waals surface area contributed by atoms with Gasteiger partial charge >= 0.3 is 0 Å². The monoisotopic (exact) mass is 528 g/mol. The van der Waals surface area contributed by atoms with Gasteiger partial charge in [-0.05, 0) is 30.4 Å². The summed E-state index contributed by atoms with van der Waals surface area (Å²) in [7, 11) is 0. The van der Waals surface area contributed by atoms with Gasteiger partial charge in [-0.2, -0.15) is 0 Å². The van der Waals surface area contributed by atoms with Crippen LogP contribution < -0.4 is 5.32 Å². The van der Waals surface area contributed by atoms with Crippen LogP contribution in [-0.4, -0.2) is 19.5 Å². The number of aromatic nitrogens is 1. The minimum atomic E-state index is -0.413. The smallest absolute Gasteiger partial charge is 0.232 e. The summed E-state index contributed by atoms with van der Waals surface area (Å²) in [6.45, 7) is 4.43. The van der Waals surface area contributed by atoms with Crippen LogP contribution in [0.2, 0.25) is 0 Å². The van der Waals surface area contributed by atoms with E-state index in [-0.39, 0.29) is 25.3 Å². The second-order valence-corrected chi connectivity index (χ2v) is 11.6. The van der Waals surface area contributed by atoms with Crippen molar-refractivity contribution in [2.45, 2.75) is 35.3 Å². The zero-order valence-electron chi connectivity index (χ0n) is 14.0. The van der Waals surface area contributed by atoms with Crippen molar-refractivity contribution >= 4 is 70.3 Å². The zero-order chi connectivity index (χ0) is 18.0. The number of hydrogen-bond donors (Lipinski definition) is 1. The quantitative estimate of drug-likeness (QED) is 0.505. The van der Waals surface area contributed by atoms with Crippen LogP contribution >= 0.6 is 47.8 Å². The van der Waals surface area contributed by atoms with Crippen molar-refractivity contribution in [3.8, 4) is 0 Å². The van der Waals surface area contributed by atoms with Gasteiger partial charge in [-0.25, -0.2) is 0 Å². The molecule has 0 radical (unpaired) electrons. The van der Waals surface area contributed by atoms with Gasteiger partial charge in [0, 0.05) is 21.8 Å². The molecule has 6 heteroatoms. The molecule has 1 N–H and O–H groups in total. The van der Waals surface area contributed by atoms with Crippen LogP contribution in [0.25, 0.3) is 10.9 Å². The molecule has 1 heterocycles. The number of alkyl halides is 3. The first kappa shape index (κ1) is 17.9. The van der Waals surface area contributed by atoms with Crippen LogP contribution in [0.5, 0.6) is 0 Å². The Morgan fingerprint density at radius 1 is 1.24 bits per heavy atom. The van der Waals surface area contributed by atoms with Crippen molar-refractivity contribution in [1.82, 2.24) is 4.98 Å². The number of carbonyl (C=O) groups is 1. The number of nitrogens with zero attached hydrogens (tertiary/aromatic N) is 1. The van der Waals surface area contributed by atoms with E-state index in [0.29, 0.717) is 0 Å². The van der Waals surface area contributed by atoms with E-state index in [1.807, 2.05) is 30.3 Å². The molecule has 0 aliphatic heterocycles. The highest BCUT2D eigenvalue weighted by Crippen LogP contribution is 2.82. The van der Waals surface area contributed by atoms with Crippen molar-refractivity contribution < 1.29 is 4.79 Å². The SMILES string of the molecule is CC1(C)C2(C(=O)Nc3cccc4cccnc34)CCC1(C(Br)Br)C2Br. The number of halogens is 3. The molecular formula is C19H19Br3N2O. The average Bonchev–Trinajstić information content (AvgIpc) is 3.05. The highest BCUT2D eigenvalue weighted by atomic mass is 79.9. The summed E-state index contributed by atoms with van der Waals surface area (Å²) in [6, 6.07) is 9.82. The number of amides is 1. The second-order valence-electron chi connectivity index (χ2n) is 7.63. The van der Waals surface area contributed by atoms with E-state index in [4.69, 9.17) is 0 Å². The lowest BCUT2D eigenvalue weighted by atomic mass is 9.43. The molecule has 1 aromatic carbocycles. The van der Waals surface area contributed by atoms with Gasteiger partial charge in [0.2, 0.25) is 5.91 Å². The Hall–Kier alpha value is -0.460. The molecular weight excluding hydrogens is 512 g/mol. The number of carbonyl (C=O) groups excluding carboxylic acids is 1. The summed E-state index contributed by atoms with van der Waals surface area (Å²) in [5.41, 5.74) is 1.12. The zero-order valence-corrected chi connectivity index (χ0v) is 18.8. The molecule has 3 aliphatic rings. The maximum Gasteiger partial charge on any atom is 0.232 e. The topological polar surface area (TPSA) is 42.0 Å². The summed E-state index contributed by atoms with van der Waals surface area (Å²) < 4.78 is 0.175. The molecule has 1 aromatic heterocycles. The number of nitrogens with one attached hydrogen (secondary N) is 1. The van der Waals surface area contributed by atoms with Crippen molar-refractivity contribution in [2.24, 2.45) is 16.2 Å². The Labute approximate surface area is 172 Å². The van der Waals surface area contributed by atoms with E-state index in [1.54, 1.807) is 6.20 Å². The number of pyridine rings is 1. The molecule has 0 spiro atoms. The van der Waals surface area contributed by atoms with Gasteiger partial charge in [-0.3, -0.25) is 9.78 Å². The minimum absolute atomic E-state index is 0.0291. The first-order chi connectivity index (χ1) is 11.8. The van der Waals surface area contributed by atoms with Gasteiger partial charge in [0.1, 0.15) is 0 Å². The van der Waals surface area contributed by atoms with Crippen molar-refractivity contribution in [2.75, 3.05) is 5.32 Å². The summed E-state index contributed by atoms with van der Waals surface area (Å²) in [5.74, 6) is 0.0892. The molecule has 5 rings (SSSR count). The normalized spacial score (nSPS) is 32.6. The van der Waals surface area contributed by atoms with E-state index in [1.165, 1.54) is 0 Å². The molecule has 25 heavy (non-hydrogen) atoms. The Bertz CT molecular complexity index is 863. The first-order valence-corrected chi connectivity index (χ1v) is 11.1. The number of anilines is 1. The van der Waals surface area contributed by atoms with E-state index in [0.717, 1.165) is 29.4 Å². The van der Waals surface area contributed by atoms with Gasteiger partial charge in [-0.15, -0.1) is 0 Å². The molecule has 3 fully saturated rings. The van der Waals surface area contributed by atoms with E-state index in [2.05, 4.69) is 71.9 Å². The van der Waals surface area contributed by atoms with Crippen LogP contribution in [0.1, 0.15) is 26.7 Å². The highest BCUT2D eigenvalue weighted by molar-refractivity contribution is 9.24. The van der Waals surface area contributed by atoms with Crippen LogP contribution in [0.15, 0.2) is 36.5 Å². The predicted molar refractivity (Wildman–Crippen MR) is 113 cm³/mol. The Morgan fingerprint density at radius 2 is 1.96 bits per heavy atom. The Kier molecular flexibility index (Phi) is 4.14. The molecule has 2 aromatic rings. The maximum atomic E-state index is 13.4. The second kappa shape index (κ2) is 5.77. The van der Waals surface area contributed by atoms with E-state index >= 15 is 0 Å². The third-order valence-electron chi connectivity index (χ3n) is 6.77. The molecule has 0 saturated heterocycles. The molecule has 3 nitrogen and oxygen atoms in total. The molecule has 3 atom stereocenters. The number of hydrogen-bond acceptors (Lipinski definition) is 2. The van der Waals surface area contributed by atoms with E-state index in [9.17, 15) is 4.79 Å². The summed E-state index contributed by atoms with van der Waals surface area (Å²) in [6.07, 6.45) is 3.66. The summed E-state index contributed by atoms with van der Waals surface area (Å²) in [5, 5.41) is 4.22. The molecule has 3 aliphatic carbocycles. The third kappa shape index (κ3) is 2.02. The number of benzene rings is 1. The summed E-state index contributed by atoms with van der Waals surface area (Å²) in [4.78, 5) is 18.0. The van der Waals surface area contributed by atoms with E-state index < -0.39 is 5.41 Å². The minimum Gasteiger partial charge on any atom is -0.324 e. The number of para-hydroxylation sites is 1. The molecule has 3 saturated carbocycles. The lowest BCUT2D eigenvalue weighted by Gasteiger charge is -2.66. The van der Waals surface area contributed by atoms with Crippen LogP contribution in [0, 0.1) is 16.2 Å². The summed E-state index contributed by atoms with van der Waals surface area (Å²) >= 11 is 11.3. The fourth-order valence-electron chi connectivity index (χ4n) is 5.14. The fourth-order valence-corrected chi connectivity index (χ4v) is 10.1. The molecule has 3 unspecified atom stereocenters. The predicted octanol–water partition coefficient (Wildman–Crippen LogP) is 5.86. The molecule has 132 valence electrons. The third-order valence-corrected chi connectivity index (χ3v) is 10.0. The number of fused-ring (bicyclic) bond motifs is 2.